The summed E-state index contributed by atoms with van der Waals surface area (Å²) >= 11 is 0. The average molecular weight is 406 g/mol. The third-order valence-electron chi connectivity index (χ3n) is 5.57. The predicted octanol–water partition coefficient (Wildman–Crippen LogP) is 4.11. The van der Waals surface area contributed by atoms with Gasteiger partial charge in [0.05, 0.1) is 11.6 Å². The van der Waals surface area contributed by atoms with Gasteiger partial charge in [-0.15, -0.1) is 0 Å². The molecule has 0 unspecified atom stereocenters. The molecule has 156 valence electrons. The van der Waals surface area contributed by atoms with Gasteiger partial charge >= 0.3 is 5.97 Å². The number of amides is 1. The van der Waals surface area contributed by atoms with Crippen LogP contribution in [0.2, 0.25) is 0 Å². The molecule has 0 bridgehead atoms. The van der Waals surface area contributed by atoms with Crippen LogP contribution in [0.1, 0.15) is 48.0 Å². The maximum absolute atomic E-state index is 12.5. The number of benzene rings is 2. The van der Waals surface area contributed by atoms with Crippen LogP contribution in [0.5, 0.6) is 5.75 Å². The van der Waals surface area contributed by atoms with Crippen molar-refractivity contribution in [3.8, 4) is 11.8 Å². The number of hydrogen-bond donors (Lipinski definition) is 0. The number of carbonyl (C=O) groups excluding carboxylic acids is 2. The molecule has 6 heteroatoms. The summed E-state index contributed by atoms with van der Waals surface area (Å²) < 4.78 is 10.9. The zero-order valence-corrected chi connectivity index (χ0v) is 17.2. The smallest absolute Gasteiger partial charge is 0.338 e. The van der Waals surface area contributed by atoms with E-state index < -0.39 is 11.5 Å². The minimum Gasteiger partial charge on any atom is -0.489 e. The lowest BCUT2D eigenvalue weighted by Gasteiger charge is -2.38. The molecule has 1 amide bonds. The first-order valence-corrected chi connectivity index (χ1v) is 10.2. The second-order valence-electron chi connectivity index (χ2n) is 7.53. The van der Waals surface area contributed by atoms with Crippen molar-refractivity contribution in [2.45, 2.75) is 44.2 Å². The third kappa shape index (κ3) is 5.18. The largest absolute Gasteiger partial charge is 0.489 e. The number of nitriles is 1. The van der Waals surface area contributed by atoms with Crippen LogP contribution in [0.4, 0.5) is 0 Å². The molecule has 1 saturated carbocycles. The molecule has 0 radical (unpaired) electrons. The Hall–Kier alpha value is -3.33. The Kier molecular flexibility index (Phi) is 7.08. The summed E-state index contributed by atoms with van der Waals surface area (Å²) in [7, 11) is 1.61. The fourth-order valence-corrected chi connectivity index (χ4v) is 3.63. The Balaban J connectivity index is 1.50. The molecular weight excluding hydrogens is 380 g/mol. The summed E-state index contributed by atoms with van der Waals surface area (Å²) in [5.74, 6) is -0.310. The first-order valence-electron chi connectivity index (χ1n) is 10.2. The first-order chi connectivity index (χ1) is 14.5. The highest BCUT2D eigenvalue weighted by Crippen LogP contribution is 2.32. The molecular formula is C24H26N2O4. The summed E-state index contributed by atoms with van der Waals surface area (Å²) in [6, 6.07) is 18.7. The van der Waals surface area contributed by atoms with Crippen molar-refractivity contribution >= 4 is 11.9 Å². The molecule has 0 heterocycles. The number of nitrogens with zero attached hydrogens (tertiary/aromatic N) is 2. The van der Waals surface area contributed by atoms with Crippen molar-refractivity contribution in [3.05, 3.63) is 65.7 Å². The number of likely N-dealkylation sites (N-methyl/N-ethyl adjacent to an activating group) is 1. The van der Waals surface area contributed by atoms with Gasteiger partial charge in [0.2, 0.25) is 0 Å². The van der Waals surface area contributed by atoms with Crippen LogP contribution in [0.15, 0.2) is 54.6 Å². The van der Waals surface area contributed by atoms with E-state index >= 15 is 0 Å². The first kappa shape index (κ1) is 21.4. The molecule has 6 nitrogen and oxygen atoms in total. The number of hydrogen-bond acceptors (Lipinski definition) is 5. The van der Waals surface area contributed by atoms with E-state index in [4.69, 9.17) is 9.47 Å². The van der Waals surface area contributed by atoms with Crippen molar-refractivity contribution in [2.24, 2.45) is 0 Å². The van der Waals surface area contributed by atoms with Gasteiger partial charge in [-0.2, -0.15) is 5.26 Å². The number of ether oxygens (including phenoxy) is 2. The molecule has 30 heavy (non-hydrogen) atoms. The summed E-state index contributed by atoms with van der Waals surface area (Å²) in [4.78, 5) is 26.2. The lowest BCUT2D eigenvalue weighted by atomic mass is 9.81. The molecule has 0 aromatic heterocycles. The van der Waals surface area contributed by atoms with Crippen LogP contribution in [-0.4, -0.2) is 36.0 Å². The van der Waals surface area contributed by atoms with E-state index in [9.17, 15) is 14.9 Å². The number of carbonyl (C=O) groups is 2. The summed E-state index contributed by atoms with van der Waals surface area (Å²) in [6.45, 7) is 0.0527. The molecule has 0 atom stereocenters. The van der Waals surface area contributed by atoms with Gasteiger partial charge in [0.15, 0.2) is 6.61 Å². The highest BCUT2D eigenvalue weighted by atomic mass is 16.5. The van der Waals surface area contributed by atoms with Gasteiger partial charge in [0.1, 0.15) is 17.9 Å². The summed E-state index contributed by atoms with van der Waals surface area (Å²) in [5, 5.41) is 9.60. The highest BCUT2D eigenvalue weighted by molar-refractivity contribution is 5.91. The monoisotopic (exact) mass is 406 g/mol. The molecule has 2 aromatic rings. The lowest BCUT2D eigenvalue weighted by molar-refractivity contribution is -0.138. The molecule has 3 rings (SSSR count). The summed E-state index contributed by atoms with van der Waals surface area (Å²) in [6.07, 6.45) is 4.23. The van der Waals surface area contributed by atoms with Crippen LogP contribution >= 0.6 is 0 Å². The molecule has 0 saturated heterocycles. The van der Waals surface area contributed by atoms with Gasteiger partial charge in [-0.25, -0.2) is 4.79 Å². The zero-order valence-electron chi connectivity index (χ0n) is 17.2. The molecule has 1 fully saturated rings. The van der Waals surface area contributed by atoms with Crippen molar-refractivity contribution in [1.82, 2.24) is 4.90 Å². The van der Waals surface area contributed by atoms with Gasteiger partial charge in [-0.05, 0) is 42.7 Å². The molecule has 2 aromatic carbocycles. The Morgan fingerprint density at radius 3 is 2.33 bits per heavy atom. The molecule has 1 aliphatic carbocycles. The standard InChI is InChI=1S/C24H26N2O4/c1-26(24(18-25)14-6-3-7-15-24)22(27)17-30-23(28)20-10-12-21(13-11-20)29-16-19-8-4-2-5-9-19/h2,4-5,8-13H,3,6-7,14-17H2,1H3. The van der Waals surface area contributed by atoms with Crippen molar-refractivity contribution < 1.29 is 19.1 Å². The van der Waals surface area contributed by atoms with Gasteiger partial charge in [0.25, 0.3) is 5.91 Å². The number of esters is 1. The second-order valence-corrected chi connectivity index (χ2v) is 7.53. The van der Waals surface area contributed by atoms with E-state index in [1.165, 1.54) is 4.90 Å². The Bertz CT molecular complexity index is 897. The van der Waals surface area contributed by atoms with Gasteiger partial charge < -0.3 is 14.4 Å². The van der Waals surface area contributed by atoms with Crippen molar-refractivity contribution in [1.29, 1.82) is 5.26 Å². The molecule has 1 aliphatic rings. The van der Waals surface area contributed by atoms with E-state index in [-0.39, 0.29) is 12.5 Å². The van der Waals surface area contributed by atoms with Crippen LogP contribution < -0.4 is 4.74 Å². The van der Waals surface area contributed by atoms with E-state index in [1.54, 1.807) is 31.3 Å². The Labute approximate surface area is 177 Å². The van der Waals surface area contributed by atoms with E-state index in [0.717, 1.165) is 24.8 Å². The normalized spacial score (nSPS) is 14.9. The average Bonchev–Trinajstić information content (AvgIpc) is 2.82. The minimum atomic E-state index is -0.792. The third-order valence-corrected chi connectivity index (χ3v) is 5.57. The molecule has 0 aliphatic heterocycles. The van der Waals surface area contributed by atoms with E-state index in [2.05, 4.69) is 6.07 Å². The second kappa shape index (κ2) is 9.93. The quantitative estimate of drug-likeness (QED) is 0.647. The minimum absolute atomic E-state index is 0.338. The fraction of sp³-hybridized carbons (Fsp3) is 0.375. The van der Waals surface area contributed by atoms with Gasteiger partial charge in [-0.3, -0.25) is 4.79 Å². The highest BCUT2D eigenvalue weighted by Gasteiger charge is 2.39. The maximum Gasteiger partial charge on any atom is 0.338 e. The summed E-state index contributed by atoms with van der Waals surface area (Å²) in [5.41, 5.74) is 0.598. The van der Waals surface area contributed by atoms with E-state index in [0.29, 0.717) is 30.8 Å². The lowest BCUT2D eigenvalue weighted by Crippen LogP contribution is -2.51. The van der Waals surface area contributed by atoms with Crippen LogP contribution in [0.3, 0.4) is 0 Å². The SMILES string of the molecule is CN(C(=O)COC(=O)c1ccc(OCc2ccccc2)cc1)C1(C#N)CCCCC1. The Morgan fingerprint density at radius 2 is 1.70 bits per heavy atom. The maximum atomic E-state index is 12.5. The fourth-order valence-electron chi connectivity index (χ4n) is 3.63. The molecule has 0 spiro atoms. The Morgan fingerprint density at radius 1 is 1.03 bits per heavy atom. The predicted molar refractivity (Wildman–Crippen MR) is 112 cm³/mol. The van der Waals surface area contributed by atoms with Crippen molar-refractivity contribution in [3.63, 3.8) is 0 Å². The van der Waals surface area contributed by atoms with Crippen LogP contribution in [0.25, 0.3) is 0 Å². The topological polar surface area (TPSA) is 79.6 Å². The van der Waals surface area contributed by atoms with Crippen LogP contribution in [0, 0.1) is 11.3 Å². The van der Waals surface area contributed by atoms with E-state index in [1.807, 2.05) is 30.3 Å². The van der Waals surface area contributed by atoms with Crippen LogP contribution in [-0.2, 0) is 16.1 Å². The van der Waals surface area contributed by atoms with Crippen molar-refractivity contribution in [2.75, 3.05) is 13.7 Å². The van der Waals surface area contributed by atoms with Gasteiger partial charge in [-0.1, -0.05) is 49.6 Å². The van der Waals surface area contributed by atoms with Gasteiger partial charge in [0, 0.05) is 7.05 Å². The number of rotatable bonds is 7. The zero-order chi connectivity index (χ0) is 21.4. The molecule has 0 N–H and O–H groups in total.